The molecule has 0 bridgehead atoms. The van der Waals surface area contributed by atoms with Crippen molar-refractivity contribution in [2.24, 2.45) is 11.3 Å². The van der Waals surface area contributed by atoms with Crippen LogP contribution in [0.15, 0.2) is 35.4 Å². The van der Waals surface area contributed by atoms with E-state index in [4.69, 9.17) is 0 Å². The quantitative estimate of drug-likeness (QED) is 0.721. The molecule has 8 nitrogen and oxygen atoms in total. The van der Waals surface area contributed by atoms with Crippen LogP contribution < -0.4 is 10.9 Å². The Labute approximate surface area is 183 Å². The van der Waals surface area contributed by atoms with Gasteiger partial charge in [-0.3, -0.25) is 19.0 Å². The van der Waals surface area contributed by atoms with Crippen LogP contribution in [0.3, 0.4) is 0 Å². The van der Waals surface area contributed by atoms with Gasteiger partial charge in [-0.15, -0.1) is 0 Å². The molecule has 2 heterocycles. The maximum absolute atomic E-state index is 12.7. The summed E-state index contributed by atoms with van der Waals surface area (Å²) < 4.78 is 1.36. The highest BCUT2D eigenvalue weighted by Gasteiger charge is 2.29. The van der Waals surface area contributed by atoms with E-state index in [9.17, 15) is 14.4 Å². The lowest BCUT2D eigenvalue weighted by Gasteiger charge is -2.33. The maximum Gasteiger partial charge on any atom is 0.261 e. The van der Waals surface area contributed by atoms with E-state index in [1.807, 2.05) is 20.2 Å². The van der Waals surface area contributed by atoms with Crippen molar-refractivity contribution in [1.82, 2.24) is 24.7 Å². The summed E-state index contributed by atoms with van der Waals surface area (Å²) in [7, 11) is 4.05. The highest BCUT2D eigenvalue weighted by molar-refractivity contribution is 5.80. The van der Waals surface area contributed by atoms with Crippen molar-refractivity contribution in [2.45, 2.75) is 33.2 Å². The van der Waals surface area contributed by atoms with E-state index in [1.54, 1.807) is 23.1 Å². The van der Waals surface area contributed by atoms with Gasteiger partial charge < -0.3 is 15.1 Å². The van der Waals surface area contributed by atoms with Gasteiger partial charge in [0.2, 0.25) is 11.8 Å². The van der Waals surface area contributed by atoms with Gasteiger partial charge in [0, 0.05) is 32.1 Å². The minimum atomic E-state index is -0.214. The standard InChI is InChI=1S/C23H33N5O3/c1-23(2,15-26(3)4)14-24-21(30)17-9-11-27(12-10-17)20(29)13-28-16-25-19-8-6-5-7-18(19)22(28)31/h5-8,16-17H,9-15H2,1-4H3,(H,24,30). The minimum absolute atomic E-state index is 0.00300. The van der Waals surface area contributed by atoms with Crippen molar-refractivity contribution >= 4 is 22.7 Å². The number of amides is 2. The van der Waals surface area contributed by atoms with Gasteiger partial charge in [0.1, 0.15) is 6.54 Å². The van der Waals surface area contributed by atoms with E-state index in [0.29, 0.717) is 43.4 Å². The Morgan fingerprint density at radius 2 is 1.87 bits per heavy atom. The van der Waals surface area contributed by atoms with Gasteiger partial charge in [-0.1, -0.05) is 26.0 Å². The lowest BCUT2D eigenvalue weighted by Crippen LogP contribution is -2.46. The number of piperidine rings is 1. The average Bonchev–Trinajstić information content (AvgIpc) is 2.73. The van der Waals surface area contributed by atoms with Crippen LogP contribution in [0.5, 0.6) is 0 Å². The van der Waals surface area contributed by atoms with Gasteiger partial charge in [0.05, 0.1) is 17.2 Å². The molecule has 0 aliphatic carbocycles. The number of benzene rings is 1. The molecular formula is C23H33N5O3. The fourth-order valence-corrected chi connectivity index (χ4v) is 4.24. The first kappa shape index (κ1) is 22.9. The van der Waals surface area contributed by atoms with Crippen molar-refractivity contribution < 1.29 is 9.59 Å². The molecule has 0 unspecified atom stereocenters. The molecule has 1 N–H and O–H groups in total. The number of likely N-dealkylation sites (tertiary alicyclic amines) is 1. The maximum atomic E-state index is 12.7. The number of aromatic nitrogens is 2. The van der Waals surface area contributed by atoms with Gasteiger partial charge in [-0.05, 0) is 44.5 Å². The zero-order chi connectivity index (χ0) is 22.6. The third kappa shape index (κ3) is 5.91. The first-order valence-corrected chi connectivity index (χ1v) is 10.8. The second kappa shape index (κ2) is 9.60. The van der Waals surface area contributed by atoms with Crippen molar-refractivity contribution in [3.05, 3.63) is 40.9 Å². The Balaban J connectivity index is 1.51. The number of nitrogens with one attached hydrogen (secondary N) is 1. The molecule has 1 aliphatic heterocycles. The van der Waals surface area contributed by atoms with Crippen LogP contribution in [0.4, 0.5) is 0 Å². The predicted octanol–water partition coefficient (Wildman–Crippen LogP) is 1.34. The first-order chi connectivity index (χ1) is 14.7. The molecule has 0 saturated carbocycles. The number of carbonyl (C=O) groups excluding carboxylic acids is 2. The molecule has 1 aromatic carbocycles. The molecule has 0 spiro atoms. The number of hydrogen-bond acceptors (Lipinski definition) is 5. The molecule has 0 radical (unpaired) electrons. The topological polar surface area (TPSA) is 87.5 Å². The number of para-hydroxylation sites is 1. The van der Waals surface area contributed by atoms with Crippen molar-refractivity contribution in [1.29, 1.82) is 0 Å². The van der Waals surface area contributed by atoms with Crippen LogP contribution >= 0.6 is 0 Å². The van der Waals surface area contributed by atoms with Crippen LogP contribution in [-0.4, -0.2) is 71.4 Å². The molecule has 3 rings (SSSR count). The van der Waals surface area contributed by atoms with Crippen molar-refractivity contribution in [2.75, 3.05) is 40.3 Å². The third-order valence-electron chi connectivity index (χ3n) is 5.74. The second-order valence-corrected chi connectivity index (χ2v) is 9.47. The lowest BCUT2D eigenvalue weighted by atomic mass is 9.91. The molecular weight excluding hydrogens is 394 g/mol. The Morgan fingerprint density at radius 1 is 1.19 bits per heavy atom. The molecule has 2 amide bonds. The minimum Gasteiger partial charge on any atom is -0.355 e. The van der Waals surface area contributed by atoms with Crippen LogP contribution in [-0.2, 0) is 16.1 Å². The number of hydrogen-bond donors (Lipinski definition) is 1. The summed E-state index contributed by atoms with van der Waals surface area (Å²) >= 11 is 0. The Kier molecular flexibility index (Phi) is 7.10. The van der Waals surface area contributed by atoms with Gasteiger partial charge in [0.25, 0.3) is 5.56 Å². The van der Waals surface area contributed by atoms with E-state index < -0.39 is 0 Å². The lowest BCUT2D eigenvalue weighted by molar-refractivity contribution is -0.136. The SMILES string of the molecule is CN(C)CC(C)(C)CNC(=O)C1CCN(C(=O)Cn2cnc3ccccc3c2=O)CC1. The highest BCUT2D eigenvalue weighted by atomic mass is 16.2. The van der Waals surface area contributed by atoms with Crippen LogP contribution in [0.25, 0.3) is 10.9 Å². The van der Waals surface area contributed by atoms with E-state index in [2.05, 4.69) is 29.0 Å². The van der Waals surface area contributed by atoms with E-state index >= 15 is 0 Å². The molecule has 168 valence electrons. The normalized spacial score (nSPS) is 15.5. The van der Waals surface area contributed by atoms with E-state index in [1.165, 1.54) is 10.9 Å². The molecule has 31 heavy (non-hydrogen) atoms. The van der Waals surface area contributed by atoms with Crippen molar-refractivity contribution in [3.63, 3.8) is 0 Å². The summed E-state index contributed by atoms with van der Waals surface area (Å²) in [4.78, 5) is 46.0. The average molecular weight is 428 g/mol. The van der Waals surface area contributed by atoms with Crippen LogP contribution in [0.1, 0.15) is 26.7 Å². The zero-order valence-electron chi connectivity index (χ0n) is 18.9. The smallest absolute Gasteiger partial charge is 0.261 e. The van der Waals surface area contributed by atoms with Crippen LogP contribution in [0, 0.1) is 11.3 Å². The Hall–Kier alpha value is -2.74. The molecule has 8 heteroatoms. The second-order valence-electron chi connectivity index (χ2n) is 9.47. The van der Waals surface area contributed by atoms with Crippen molar-refractivity contribution in [3.8, 4) is 0 Å². The molecule has 1 fully saturated rings. The number of nitrogens with zero attached hydrogens (tertiary/aromatic N) is 4. The summed E-state index contributed by atoms with van der Waals surface area (Å²) in [6.45, 7) is 6.80. The summed E-state index contributed by atoms with van der Waals surface area (Å²) in [5.74, 6) is -0.136. The monoisotopic (exact) mass is 427 g/mol. The Bertz CT molecular complexity index is 990. The van der Waals surface area contributed by atoms with Gasteiger partial charge in [0.15, 0.2) is 0 Å². The Morgan fingerprint density at radius 3 is 2.55 bits per heavy atom. The van der Waals surface area contributed by atoms with E-state index in [-0.39, 0.29) is 35.3 Å². The fraction of sp³-hybridized carbons (Fsp3) is 0.565. The summed E-state index contributed by atoms with van der Waals surface area (Å²) in [5, 5.41) is 3.59. The highest BCUT2D eigenvalue weighted by Crippen LogP contribution is 2.19. The van der Waals surface area contributed by atoms with Gasteiger partial charge in [-0.2, -0.15) is 0 Å². The van der Waals surface area contributed by atoms with Gasteiger partial charge >= 0.3 is 0 Å². The summed E-state index contributed by atoms with van der Waals surface area (Å²) in [6, 6.07) is 7.11. The third-order valence-corrected chi connectivity index (χ3v) is 5.74. The number of carbonyl (C=O) groups is 2. The van der Waals surface area contributed by atoms with Crippen LogP contribution in [0.2, 0.25) is 0 Å². The largest absolute Gasteiger partial charge is 0.355 e. The summed E-state index contributed by atoms with van der Waals surface area (Å²) in [5.41, 5.74) is 0.405. The zero-order valence-corrected chi connectivity index (χ0v) is 18.9. The predicted molar refractivity (Wildman–Crippen MR) is 121 cm³/mol. The van der Waals surface area contributed by atoms with E-state index in [0.717, 1.165) is 6.54 Å². The molecule has 2 aromatic rings. The molecule has 1 aromatic heterocycles. The van der Waals surface area contributed by atoms with Gasteiger partial charge in [-0.25, -0.2) is 4.98 Å². The molecule has 1 aliphatic rings. The fourth-order valence-electron chi connectivity index (χ4n) is 4.24. The molecule has 0 atom stereocenters. The number of rotatable bonds is 7. The first-order valence-electron chi connectivity index (χ1n) is 10.8. The summed E-state index contributed by atoms with van der Waals surface area (Å²) in [6.07, 6.45) is 2.70. The molecule has 1 saturated heterocycles. The number of fused-ring (bicyclic) bond motifs is 1.